The Kier molecular flexibility index (Phi) is 4.29. The van der Waals surface area contributed by atoms with Crippen molar-refractivity contribution < 1.29 is 17.6 Å². The molecule has 1 aromatic heterocycles. The molecule has 0 saturated carbocycles. The van der Waals surface area contributed by atoms with Crippen LogP contribution in [0.4, 0.5) is 15.8 Å². The minimum absolute atomic E-state index is 0.0174. The summed E-state index contributed by atoms with van der Waals surface area (Å²) < 4.78 is 40.2. The van der Waals surface area contributed by atoms with E-state index in [-0.39, 0.29) is 21.5 Å². The van der Waals surface area contributed by atoms with Crippen LogP contribution in [0.25, 0.3) is 0 Å². The molecule has 2 aromatic rings. The molecule has 1 heterocycles. The fourth-order valence-electron chi connectivity index (χ4n) is 1.65. The van der Waals surface area contributed by atoms with Crippen molar-refractivity contribution in [2.45, 2.75) is 18.1 Å². The number of sulfonamides is 1. The molecule has 1 amide bonds. The molecule has 0 bridgehead atoms. The zero-order valence-corrected chi connectivity index (χ0v) is 12.9. The van der Waals surface area contributed by atoms with Gasteiger partial charge in [0.2, 0.25) is 5.91 Å². The van der Waals surface area contributed by atoms with Crippen molar-refractivity contribution in [3.8, 4) is 0 Å². The smallest absolute Gasteiger partial charge is 0.271 e. The number of nitrogens with one attached hydrogen (secondary N) is 2. The summed E-state index contributed by atoms with van der Waals surface area (Å²) >= 11 is 1.11. The van der Waals surface area contributed by atoms with E-state index in [0.29, 0.717) is 0 Å². The van der Waals surface area contributed by atoms with E-state index in [2.05, 4.69) is 10.0 Å². The lowest BCUT2D eigenvalue weighted by Gasteiger charge is -2.12. The number of amides is 1. The number of anilines is 2. The van der Waals surface area contributed by atoms with Gasteiger partial charge in [-0.2, -0.15) is 0 Å². The van der Waals surface area contributed by atoms with E-state index in [9.17, 15) is 17.6 Å². The summed E-state index contributed by atoms with van der Waals surface area (Å²) in [6, 6.07) is 6.61. The van der Waals surface area contributed by atoms with Gasteiger partial charge in [-0.25, -0.2) is 12.8 Å². The average Bonchev–Trinajstić information content (AvgIpc) is 2.79. The number of benzene rings is 1. The van der Waals surface area contributed by atoms with Crippen molar-refractivity contribution in [1.29, 1.82) is 0 Å². The molecule has 2 N–H and O–H groups in total. The topological polar surface area (TPSA) is 75.3 Å². The van der Waals surface area contributed by atoms with E-state index in [1.54, 1.807) is 13.0 Å². The van der Waals surface area contributed by atoms with Crippen molar-refractivity contribution in [2.75, 3.05) is 10.0 Å². The van der Waals surface area contributed by atoms with Crippen LogP contribution in [0.5, 0.6) is 0 Å². The van der Waals surface area contributed by atoms with Gasteiger partial charge in [0.25, 0.3) is 10.0 Å². The second kappa shape index (κ2) is 5.82. The van der Waals surface area contributed by atoms with Gasteiger partial charge in [0, 0.05) is 17.9 Å². The van der Waals surface area contributed by atoms with Gasteiger partial charge in [0.15, 0.2) is 0 Å². The number of carbonyl (C=O) groups excluding carboxylic acids is 1. The Morgan fingerprint density at radius 2 is 1.90 bits per heavy atom. The molecule has 0 fully saturated rings. The van der Waals surface area contributed by atoms with Gasteiger partial charge in [-0.1, -0.05) is 0 Å². The minimum Gasteiger partial charge on any atom is -0.325 e. The van der Waals surface area contributed by atoms with Crippen LogP contribution in [0.2, 0.25) is 0 Å². The van der Waals surface area contributed by atoms with Crippen LogP contribution in [0, 0.1) is 12.7 Å². The second-order valence-electron chi connectivity index (χ2n) is 4.34. The largest absolute Gasteiger partial charge is 0.325 e. The van der Waals surface area contributed by atoms with Gasteiger partial charge in [-0.3, -0.25) is 9.52 Å². The number of hydrogen-bond acceptors (Lipinski definition) is 4. The molecule has 0 aliphatic heterocycles. The summed E-state index contributed by atoms with van der Waals surface area (Å²) in [5.74, 6) is -0.988. The van der Waals surface area contributed by atoms with Gasteiger partial charge >= 0.3 is 0 Å². The van der Waals surface area contributed by atoms with Gasteiger partial charge < -0.3 is 5.32 Å². The third kappa shape index (κ3) is 3.79. The molecular formula is C13H13FN2O3S2. The van der Waals surface area contributed by atoms with Crippen LogP contribution >= 0.6 is 11.3 Å². The fraction of sp³-hybridized carbons (Fsp3) is 0.154. The normalized spacial score (nSPS) is 11.2. The Hall–Kier alpha value is -1.93. The first-order valence-electron chi connectivity index (χ1n) is 5.94. The summed E-state index contributed by atoms with van der Waals surface area (Å²) in [6.07, 6.45) is 0. The van der Waals surface area contributed by atoms with E-state index < -0.39 is 15.8 Å². The van der Waals surface area contributed by atoms with Crippen LogP contribution in [0.1, 0.15) is 11.8 Å². The molecule has 0 atom stereocenters. The van der Waals surface area contributed by atoms with Crippen molar-refractivity contribution >= 4 is 38.6 Å². The van der Waals surface area contributed by atoms with Crippen molar-refractivity contribution in [3.63, 3.8) is 0 Å². The van der Waals surface area contributed by atoms with Gasteiger partial charge in [0.05, 0.1) is 11.4 Å². The molecule has 2 rings (SSSR count). The predicted octanol–water partition coefficient (Wildman–Crippen LogP) is 2.95. The Bertz CT molecular complexity index is 784. The van der Waals surface area contributed by atoms with Crippen LogP contribution < -0.4 is 10.0 Å². The molecule has 21 heavy (non-hydrogen) atoms. The van der Waals surface area contributed by atoms with Crippen molar-refractivity contribution in [3.05, 3.63) is 41.0 Å². The first-order chi connectivity index (χ1) is 9.78. The summed E-state index contributed by atoms with van der Waals surface area (Å²) in [7, 11) is -3.82. The van der Waals surface area contributed by atoms with Crippen LogP contribution in [-0.2, 0) is 14.8 Å². The predicted molar refractivity (Wildman–Crippen MR) is 80.6 cm³/mol. The maximum atomic E-state index is 13.3. The average molecular weight is 328 g/mol. The highest BCUT2D eigenvalue weighted by atomic mass is 32.2. The van der Waals surface area contributed by atoms with Crippen molar-refractivity contribution in [2.24, 2.45) is 0 Å². The van der Waals surface area contributed by atoms with E-state index in [0.717, 1.165) is 28.3 Å². The molecule has 0 aliphatic carbocycles. The minimum atomic E-state index is -3.82. The maximum absolute atomic E-state index is 13.3. The third-order valence-corrected chi connectivity index (χ3v) is 5.38. The van der Waals surface area contributed by atoms with Crippen LogP contribution in [0.15, 0.2) is 34.5 Å². The third-order valence-electron chi connectivity index (χ3n) is 2.52. The molecule has 0 saturated heterocycles. The van der Waals surface area contributed by atoms with Crippen molar-refractivity contribution in [1.82, 2.24) is 0 Å². The van der Waals surface area contributed by atoms with Gasteiger partial charge in [-0.05, 0) is 31.2 Å². The zero-order chi connectivity index (χ0) is 15.6. The molecule has 0 aliphatic rings. The molecule has 1 aromatic carbocycles. The maximum Gasteiger partial charge on any atom is 0.271 e. The molecule has 0 radical (unpaired) electrons. The molecule has 5 nitrogen and oxygen atoms in total. The Labute approximate surface area is 125 Å². The number of thiophene rings is 1. The van der Waals surface area contributed by atoms with Crippen LogP contribution in [-0.4, -0.2) is 14.3 Å². The van der Waals surface area contributed by atoms with Gasteiger partial charge in [0.1, 0.15) is 10.0 Å². The molecule has 112 valence electrons. The summed E-state index contributed by atoms with van der Waals surface area (Å²) in [6.45, 7) is 3.07. The van der Waals surface area contributed by atoms with Crippen LogP contribution in [0.3, 0.4) is 0 Å². The van der Waals surface area contributed by atoms with Gasteiger partial charge in [-0.15, -0.1) is 11.3 Å². The summed E-state index contributed by atoms with van der Waals surface area (Å²) in [5.41, 5.74) is 0.178. The highest BCUT2D eigenvalue weighted by Crippen LogP contribution is 2.28. The molecular weight excluding hydrogens is 315 g/mol. The first kappa shape index (κ1) is 15.5. The highest BCUT2D eigenvalue weighted by Gasteiger charge is 2.18. The lowest BCUT2D eigenvalue weighted by Crippen LogP contribution is -2.15. The quantitative estimate of drug-likeness (QED) is 0.906. The second-order valence-corrected chi connectivity index (χ2v) is 7.54. The molecule has 0 spiro atoms. The van der Waals surface area contributed by atoms with E-state index in [4.69, 9.17) is 0 Å². The number of aryl methyl sites for hydroxylation is 1. The highest BCUT2D eigenvalue weighted by molar-refractivity contribution is 7.94. The monoisotopic (exact) mass is 328 g/mol. The number of hydrogen-bond donors (Lipinski definition) is 2. The first-order valence-corrected chi connectivity index (χ1v) is 8.24. The Balaban J connectivity index is 2.38. The molecule has 0 unspecified atom stereocenters. The summed E-state index contributed by atoms with van der Waals surface area (Å²) in [4.78, 5) is 12.0. The zero-order valence-electron chi connectivity index (χ0n) is 11.3. The number of carbonyl (C=O) groups is 1. The SMILES string of the molecule is CC(=O)Nc1ccc(F)cc1NS(=O)(=O)c1ccc(C)s1. The Morgan fingerprint density at radius 3 is 2.48 bits per heavy atom. The number of rotatable bonds is 4. The fourth-order valence-corrected chi connectivity index (χ4v) is 4.01. The lowest BCUT2D eigenvalue weighted by atomic mass is 10.2. The Morgan fingerprint density at radius 1 is 1.19 bits per heavy atom. The van der Waals surface area contributed by atoms with E-state index in [1.807, 2.05) is 0 Å². The molecule has 8 heteroatoms. The standard InChI is InChI=1S/C13H13FN2O3S2/c1-8-3-6-13(20-8)21(18,19)16-12-7-10(14)4-5-11(12)15-9(2)17/h3-7,16H,1-2H3,(H,15,17). The van der Waals surface area contributed by atoms with E-state index in [1.165, 1.54) is 19.1 Å². The number of halogens is 1. The lowest BCUT2D eigenvalue weighted by molar-refractivity contribution is -0.114. The van der Waals surface area contributed by atoms with E-state index >= 15 is 0 Å². The summed E-state index contributed by atoms with van der Waals surface area (Å²) in [5, 5.41) is 2.45.